The number of nitrogens with zero attached hydrogens (tertiary/aromatic N) is 2. The molecule has 1 aliphatic rings. The van der Waals surface area contributed by atoms with Gasteiger partial charge in [-0.15, -0.1) is 0 Å². The van der Waals surface area contributed by atoms with Gasteiger partial charge in [-0.25, -0.2) is 0 Å². The van der Waals surface area contributed by atoms with Crippen LogP contribution in [0.2, 0.25) is 0 Å². The van der Waals surface area contributed by atoms with Crippen LogP contribution in [0.3, 0.4) is 0 Å². The molecule has 0 aliphatic carbocycles. The SMILES string of the molecule is CCOc1ccc(/C(O)=C2\C(=O)C(=O)N(c3ccc(N(C)C)cc3)C2c2c[nH]c3ccccc23)cc1. The number of ether oxygens (including phenoxy) is 1. The van der Waals surface area contributed by atoms with Gasteiger partial charge in [-0.2, -0.15) is 0 Å². The number of hydrogen-bond donors (Lipinski definition) is 2. The van der Waals surface area contributed by atoms with E-state index in [-0.39, 0.29) is 11.3 Å². The molecular weight excluding hydrogens is 454 g/mol. The molecule has 0 bridgehead atoms. The number of aromatic nitrogens is 1. The van der Waals surface area contributed by atoms with E-state index < -0.39 is 17.7 Å². The number of benzene rings is 3. The first-order valence-electron chi connectivity index (χ1n) is 11.8. The molecule has 7 heteroatoms. The number of para-hydroxylation sites is 1. The standard InChI is InChI=1S/C29H27N3O4/c1-4-36-21-15-9-18(10-16-21)27(33)25-26(23-17-30-24-8-6-5-7-22(23)24)32(29(35)28(25)34)20-13-11-19(12-14-20)31(2)3/h5-17,26,30,33H,4H2,1-3H3/b27-25+. The number of aromatic amines is 1. The molecular formula is C29H27N3O4. The Kier molecular flexibility index (Phi) is 5.98. The molecule has 1 amide bonds. The summed E-state index contributed by atoms with van der Waals surface area (Å²) in [6.07, 6.45) is 1.80. The Labute approximate surface area is 209 Å². The predicted octanol–water partition coefficient (Wildman–Crippen LogP) is 5.26. The smallest absolute Gasteiger partial charge is 0.300 e. The van der Waals surface area contributed by atoms with Crippen LogP contribution in [0.5, 0.6) is 5.75 Å². The maximum absolute atomic E-state index is 13.4. The zero-order valence-corrected chi connectivity index (χ0v) is 20.4. The van der Waals surface area contributed by atoms with E-state index in [2.05, 4.69) is 4.98 Å². The van der Waals surface area contributed by atoms with Crippen LogP contribution < -0.4 is 14.5 Å². The van der Waals surface area contributed by atoms with Gasteiger partial charge in [-0.1, -0.05) is 18.2 Å². The van der Waals surface area contributed by atoms with Crippen molar-refractivity contribution in [1.29, 1.82) is 0 Å². The number of amides is 1. The van der Waals surface area contributed by atoms with E-state index in [9.17, 15) is 14.7 Å². The molecule has 1 aliphatic heterocycles. The lowest BCUT2D eigenvalue weighted by atomic mass is 9.94. The molecule has 5 rings (SSSR count). The highest BCUT2D eigenvalue weighted by atomic mass is 16.5. The number of carbonyl (C=O) groups is 2. The van der Waals surface area contributed by atoms with Crippen molar-refractivity contribution in [3.8, 4) is 5.75 Å². The van der Waals surface area contributed by atoms with Gasteiger partial charge in [0.1, 0.15) is 11.5 Å². The monoisotopic (exact) mass is 481 g/mol. The largest absolute Gasteiger partial charge is 0.507 e. The number of nitrogens with one attached hydrogen (secondary N) is 1. The fourth-order valence-corrected chi connectivity index (χ4v) is 4.66. The minimum atomic E-state index is -0.807. The Hall–Kier alpha value is -4.52. The maximum Gasteiger partial charge on any atom is 0.300 e. The Bertz CT molecular complexity index is 1470. The van der Waals surface area contributed by atoms with Crippen LogP contribution in [0.1, 0.15) is 24.1 Å². The van der Waals surface area contributed by atoms with E-state index in [0.29, 0.717) is 23.6 Å². The Morgan fingerprint density at radius 3 is 2.36 bits per heavy atom. The summed E-state index contributed by atoms with van der Waals surface area (Å²) in [5.74, 6) is -0.980. The molecule has 4 aromatic rings. The number of carbonyl (C=O) groups excluding carboxylic acids is 2. The molecule has 2 heterocycles. The van der Waals surface area contributed by atoms with Crippen LogP contribution in [-0.4, -0.2) is 42.5 Å². The van der Waals surface area contributed by atoms with Crippen LogP contribution in [0.15, 0.2) is 84.6 Å². The van der Waals surface area contributed by atoms with Crippen LogP contribution in [0.4, 0.5) is 11.4 Å². The van der Waals surface area contributed by atoms with E-state index in [1.54, 1.807) is 30.5 Å². The second-order valence-electron chi connectivity index (χ2n) is 8.83. The molecule has 2 N–H and O–H groups in total. The van der Waals surface area contributed by atoms with Crippen molar-refractivity contribution in [1.82, 2.24) is 4.98 Å². The van der Waals surface area contributed by atoms with Crippen molar-refractivity contribution in [2.45, 2.75) is 13.0 Å². The summed E-state index contributed by atoms with van der Waals surface area (Å²) in [4.78, 5) is 33.5. The van der Waals surface area contributed by atoms with Gasteiger partial charge >= 0.3 is 0 Å². The minimum Gasteiger partial charge on any atom is -0.507 e. The van der Waals surface area contributed by atoms with Gasteiger partial charge in [0.2, 0.25) is 0 Å². The molecule has 1 fully saturated rings. The summed E-state index contributed by atoms with van der Waals surface area (Å²) < 4.78 is 5.50. The highest BCUT2D eigenvalue weighted by molar-refractivity contribution is 6.51. The Balaban J connectivity index is 1.70. The molecule has 36 heavy (non-hydrogen) atoms. The number of Topliss-reactive ketones (excluding diaryl/α,β-unsaturated/α-hetero) is 1. The zero-order chi connectivity index (χ0) is 25.4. The first-order chi connectivity index (χ1) is 17.4. The summed E-state index contributed by atoms with van der Waals surface area (Å²) in [7, 11) is 3.87. The minimum absolute atomic E-state index is 0.0469. The average Bonchev–Trinajstić information content (AvgIpc) is 3.43. The van der Waals surface area contributed by atoms with E-state index in [4.69, 9.17) is 4.74 Å². The molecule has 3 aromatic carbocycles. The Morgan fingerprint density at radius 2 is 1.69 bits per heavy atom. The number of fused-ring (bicyclic) bond motifs is 1. The van der Waals surface area contributed by atoms with E-state index in [1.807, 2.05) is 74.4 Å². The number of rotatable bonds is 6. The van der Waals surface area contributed by atoms with E-state index >= 15 is 0 Å². The summed E-state index contributed by atoms with van der Waals surface area (Å²) in [5, 5.41) is 12.2. The normalized spacial score (nSPS) is 17.1. The summed E-state index contributed by atoms with van der Waals surface area (Å²) in [5.41, 5.74) is 3.63. The van der Waals surface area contributed by atoms with Crippen molar-refractivity contribution >= 4 is 39.7 Å². The topological polar surface area (TPSA) is 85.9 Å². The highest BCUT2D eigenvalue weighted by Crippen LogP contribution is 2.44. The van der Waals surface area contributed by atoms with Crippen molar-refractivity contribution < 1.29 is 19.4 Å². The first-order valence-corrected chi connectivity index (χ1v) is 11.8. The third kappa shape index (κ3) is 3.88. The number of anilines is 2. The molecule has 1 unspecified atom stereocenters. The van der Waals surface area contributed by atoms with Gasteiger partial charge < -0.3 is 19.7 Å². The zero-order valence-electron chi connectivity index (χ0n) is 20.4. The number of ketones is 1. The van der Waals surface area contributed by atoms with Gasteiger partial charge in [0, 0.05) is 53.7 Å². The van der Waals surface area contributed by atoms with Crippen molar-refractivity contribution in [2.75, 3.05) is 30.5 Å². The van der Waals surface area contributed by atoms with E-state index in [1.165, 1.54) is 4.90 Å². The molecule has 1 aromatic heterocycles. The molecule has 1 atom stereocenters. The second-order valence-corrected chi connectivity index (χ2v) is 8.83. The van der Waals surface area contributed by atoms with Crippen LogP contribution in [0, 0.1) is 0 Å². The average molecular weight is 482 g/mol. The Morgan fingerprint density at radius 1 is 1.00 bits per heavy atom. The van der Waals surface area contributed by atoms with E-state index in [0.717, 1.165) is 22.2 Å². The molecule has 7 nitrogen and oxygen atoms in total. The third-order valence-corrected chi connectivity index (χ3v) is 6.44. The van der Waals surface area contributed by atoms with Gasteiger partial charge in [-0.05, 0) is 61.5 Å². The lowest BCUT2D eigenvalue weighted by molar-refractivity contribution is -0.132. The third-order valence-electron chi connectivity index (χ3n) is 6.44. The van der Waals surface area contributed by atoms with Crippen molar-refractivity contribution in [3.05, 3.63) is 95.7 Å². The van der Waals surface area contributed by atoms with Crippen LogP contribution in [0.25, 0.3) is 16.7 Å². The lowest BCUT2D eigenvalue weighted by Crippen LogP contribution is -2.29. The maximum atomic E-state index is 13.4. The van der Waals surface area contributed by atoms with Crippen molar-refractivity contribution in [2.24, 2.45) is 0 Å². The summed E-state index contributed by atoms with van der Waals surface area (Å²) in [6.45, 7) is 2.41. The highest BCUT2D eigenvalue weighted by Gasteiger charge is 2.47. The molecule has 0 radical (unpaired) electrons. The number of aliphatic hydroxyl groups is 1. The molecule has 1 saturated heterocycles. The van der Waals surface area contributed by atoms with Gasteiger partial charge in [0.05, 0.1) is 18.2 Å². The van der Waals surface area contributed by atoms with Crippen LogP contribution in [-0.2, 0) is 9.59 Å². The molecule has 182 valence electrons. The van der Waals surface area contributed by atoms with Crippen LogP contribution >= 0.6 is 0 Å². The predicted molar refractivity (Wildman–Crippen MR) is 141 cm³/mol. The summed E-state index contributed by atoms with van der Waals surface area (Å²) >= 11 is 0. The summed E-state index contributed by atoms with van der Waals surface area (Å²) in [6, 6.07) is 21.2. The second kappa shape index (κ2) is 9.26. The van der Waals surface area contributed by atoms with Crippen molar-refractivity contribution in [3.63, 3.8) is 0 Å². The quantitative estimate of drug-likeness (QED) is 0.223. The van der Waals surface area contributed by atoms with Gasteiger partial charge in [0.25, 0.3) is 11.7 Å². The number of aliphatic hydroxyl groups excluding tert-OH is 1. The lowest BCUT2D eigenvalue weighted by Gasteiger charge is -2.25. The first kappa shape index (κ1) is 23.2. The number of hydrogen-bond acceptors (Lipinski definition) is 5. The molecule has 0 saturated carbocycles. The number of H-pyrrole nitrogens is 1. The fourth-order valence-electron chi connectivity index (χ4n) is 4.66. The molecule has 0 spiro atoms. The van der Waals surface area contributed by atoms with Gasteiger partial charge in [0.15, 0.2) is 0 Å². The van der Waals surface area contributed by atoms with Gasteiger partial charge in [-0.3, -0.25) is 14.5 Å². The fraction of sp³-hybridized carbons (Fsp3) is 0.172.